The second-order valence-electron chi connectivity index (χ2n) is 9.17. The lowest BCUT2D eigenvalue weighted by atomic mass is 9.89. The first kappa shape index (κ1) is 19.4. The monoisotopic (exact) mass is 425 g/mol. The molecule has 3 N–H and O–H groups in total. The number of benzene rings is 2. The van der Waals surface area contributed by atoms with Gasteiger partial charge in [-0.1, -0.05) is 24.3 Å². The quantitative estimate of drug-likeness (QED) is 0.632. The van der Waals surface area contributed by atoms with Gasteiger partial charge in [-0.25, -0.2) is 9.97 Å². The van der Waals surface area contributed by atoms with Crippen molar-refractivity contribution in [3.63, 3.8) is 0 Å². The van der Waals surface area contributed by atoms with Crippen molar-refractivity contribution in [2.45, 2.75) is 44.7 Å². The van der Waals surface area contributed by atoms with E-state index in [4.69, 9.17) is 15.5 Å². The average molecular weight is 426 g/mol. The Balaban J connectivity index is 1.22. The number of aliphatic imine (C=N–C) groups is 1. The molecule has 3 aromatic rings. The lowest BCUT2D eigenvalue weighted by Gasteiger charge is -2.27. The number of nitrogen functional groups attached to an aromatic ring is 1. The molecule has 6 rings (SSSR count). The van der Waals surface area contributed by atoms with E-state index < -0.39 is 0 Å². The summed E-state index contributed by atoms with van der Waals surface area (Å²) in [6.07, 6.45) is 6.14. The third kappa shape index (κ3) is 3.75. The number of nitrogens with zero attached hydrogens (tertiary/aromatic N) is 3. The molecule has 0 radical (unpaired) electrons. The van der Waals surface area contributed by atoms with Crippen molar-refractivity contribution in [3.8, 4) is 17.0 Å². The zero-order valence-electron chi connectivity index (χ0n) is 18.2. The lowest BCUT2D eigenvalue weighted by molar-refractivity contribution is 0.258. The fraction of sp³-hybridized carbons (Fsp3) is 0.346. The van der Waals surface area contributed by atoms with Gasteiger partial charge in [0.05, 0.1) is 18.0 Å². The molecule has 0 saturated heterocycles. The number of aromatic nitrogens is 2. The molecule has 2 atom stereocenters. The van der Waals surface area contributed by atoms with Gasteiger partial charge < -0.3 is 15.8 Å². The maximum absolute atomic E-state index is 6.15. The maximum atomic E-state index is 6.15. The molecule has 1 aromatic heterocycles. The van der Waals surface area contributed by atoms with Gasteiger partial charge >= 0.3 is 0 Å². The van der Waals surface area contributed by atoms with Crippen LogP contribution in [-0.4, -0.2) is 28.3 Å². The van der Waals surface area contributed by atoms with Crippen LogP contribution in [0.15, 0.2) is 53.7 Å². The van der Waals surface area contributed by atoms with Crippen molar-refractivity contribution in [2.75, 3.05) is 12.3 Å². The Kier molecular flexibility index (Phi) is 4.68. The van der Waals surface area contributed by atoms with E-state index >= 15 is 0 Å². The van der Waals surface area contributed by atoms with Crippen LogP contribution in [-0.2, 0) is 12.8 Å². The summed E-state index contributed by atoms with van der Waals surface area (Å²) >= 11 is 0. The highest BCUT2D eigenvalue weighted by Crippen LogP contribution is 2.37. The van der Waals surface area contributed by atoms with E-state index in [1.54, 1.807) is 6.20 Å². The van der Waals surface area contributed by atoms with Gasteiger partial charge in [0, 0.05) is 41.9 Å². The molecule has 2 aromatic carbocycles. The minimum atomic E-state index is 0.284. The Morgan fingerprint density at radius 3 is 2.84 bits per heavy atom. The number of hydrogen-bond acceptors (Lipinski definition) is 6. The molecule has 2 unspecified atom stereocenters. The van der Waals surface area contributed by atoms with Crippen molar-refractivity contribution in [3.05, 3.63) is 65.4 Å². The summed E-state index contributed by atoms with van der Waals surface area (Å²) in [6.45, 7) is 2.94. The summed E-state index contributed by atoms with van der Waals surface area (Å²) in [7, 11) is 0. The van der Waals surface area contributed by atoms with Crippen molar-refractivity contribution in [1.82, 2.24) is 15.3 Å². The van der Waals surface area contributed by atoms with E-state index in [1.165, 1.54) is 35.2 Å². The Bertz CT molecular complexity index is 1220. The Morgan fingerprint density at radius 2 is 2.00 bits per heavy atom. The SMILES string of the molecule is CC(NC1CC1)c1ccc2c(c1)CC(C1=Nc3cc(-c4ccnc(N)n4)ccc3C1)CO2. The third-order valence-electron chi connectivity index (χ3n) is 6.72. The van der Waals surface area contributed by atoms with Crippen LogP contribution >= 0.6 is 0 Å². The normalized spacial score (nSPS) is 20.2. The molecule has 0 spiro atoms. The van der Waals surface area contributed by atoms with E-state index in [-0.39, 0.29) is 5.95 Å². The number of ether oxygens (including phenoxy) is 1. The summed E-state index contributed by atoms with van der Waals surface area (Å²) in [5, 5.41) is 3.70. The van der Waals surface area contributed by atoms with Crippen molar-refractivity contribution in [1.29, 1.82) is 0 Å². The first-order valence-electron chi connectivity index (χ1n) is 11.4. The van der Waals surface area contributed by atoms with Crippen molar-refractivity contribution >= 4 is 17.3 Å². The van der Waals surface area contributed by atoms with Crippen LogP contribution in [0.5, 0.6) is 5.75 Å². The second kappa shape index (κ2) is 7.71. The third-order valence-corrected chi connectivity index (χ3v) is 6.72. The predicted octanol–water partition coefficient (Wildman–Crippen LogP) is 4.42. The molecule has 1 saturated carbocycles. The standard InChI is InChI=1S/C26H27N5O/c1-15(29-21-5-6-21)16-4-7-25-19(10-16)11-20(14-32-25)24-13-18-3-2-17(12-23(18)30-24)22-8-9-28-26(27)31-22/h2-4,7-10,12,15,20-21,29H,5-6,11,13-14H2,1H3,(H2,27,28,31). The van der Waals surface area contributed by atoms with Crippen molar-refractivity contribution < 1.29 is 4.74 Å². The van der Waals surface area contributed by atoms with Gasteiger partial charge in [0.2, 0.25) is 5.95 Å². The summed E-state index contributed by atoms with van der Waals surface area (Å²) < 4.78 is 6.15. The van der Waals surface area contributed by atoms with Crippen LogP contribution < -0.4 is 15.8 Å². The summed E-state index contributed by atoms with van der Waals surface area (Å²) in [5.41, 5.74) is 13.7. The number of fused-ring (bicyclic) bond motifs is 2. The summed E-state index contributed by atoms with van der Waals surface area (Å²) in [6, 6.07) is 15.9. The highest BCUT2D eigenvalue weighted by molar-refractivity contribution is 5.96. The zero-order valence-corrected chi connectivity index (χ0v) is 18.2. The smallest absolute Gasteiger partial charge is 0.220 e. The van der Waals surface area contributed by atoms with E-state index in [2.05, 4.69) is 58.6 Å². The molecule has 32 heavy (non-hydrogen) atoms. The number of anilines is 1. The molecule has 1 fully saturated rings. The number of rotatable bonds is 5. The van der Waals surface area contributed by atoms with E-state index in [9.17, 15) is 0 Å². The van der Waals surface area contributed by atoms with E-state index in [0.717, 1.165) is 35.5 Å². The molecule has 6 nitrogen and oxygen atoms in total. The number of nitrogens with two attached hydrogens (primary N) is 1. The van der Waals surface area contributed by atoms with Crippen molar-refractivity contribution in [2.24, 2.45) is 10.9 Å². The van der Waals surface area contributed by atoms with Crippen LogP contribution in [0.1, 0.15) is 42.5 Å². The average Bonchev–Trinajstić information content (AvgIpc) is 3.52. The Hall–Kier alpha value is -3.25. The first-order valence-corrected chi connectivity index (χ1v) is 11.4. The second-order valence-corrected chi connectivity index (χ2v) is 9.17. The van der Waals surface area contributed by atoms with Crippen LogP contribution in [0.25, 0.3) is 11.3 Å². The molecule has 2 aliphatic heterocycles. The molecule has 0 bridgehead atoms. The summed E-state index contributed by atoms with van der Waals surface area (Å²) in [4.78, 5) is 13.3. The molecule has 0 amide bonds. The fourth-order valence-electron chi connectivity index (χ4n) is 4.73. The highest BCUT2D eigenvalue weighted by Gasteiger charge is 2.29. The van der Waals surface area contributed by atoms with Crippen LogP contribution in [0.3, 0.4) is 0 Å². The largest absolute Gasteiger partial charge is 0.493 e. The van der Waals surface area contributed by atoms with E-state index in [0.29, 0.717) is 24.6 Å². The molecule has 6 heteroatoms. The molecular weight excluding hydrogens is 398 g/mol. The van der Waals surface area contributed by atoms with Gasteiger partial charge in [-0.3, -0.25) is 4.99 Å². The maximum Gasteiger partial charge on any atom is 0.220 e. The molecule has 3 heterocycles. The van der Waals surface area contributed by atoms with Gasteiger partial charge in [0.1, 0.15) is 5.75 Å². The number of nitrogens with one attached hydrogen (secondary N) is 1. The number of hydrogen-bond donors (Lipinski definition) is 2. The van der Waals surface area contributed by atoms with Gasteiger partial charge in [-0.2, -0.15) is 0 Å². The van der Waals surface area contributed by atoms with Crippen LogP contribution in [0.4, 0.5) is 11.6 Å². The minimum Gasteiger partial charge on any atom is -0.493 e. The minimum absolute atomic E-state index is 0.284. The molecule has 1 aliphatic carbocycles. The van der Waals surface area contributed by atoms with Gasteiger partial charge in [0.25, 0.3) is 0 Å². The Labute approximate surface area is 188 Å². The van der Waals surface area contributed by atoms with Gasteiger partial charge in [-0.05, 0) is 61.1 Å². The molecular formula is C26H27N5O. The molecule has 3 aliphatic rings. The van der Waals surface area contributed by atoms with Crippen LogP contribution in [0, 0.1) is 5.92 Å². The summed E-state index contributed by atoms with van der Waals surface area (Å²) in [5.74, 6) is 1.60. The van der Waals surface area contributed by atoms with E-state index in [1.807, 2.05) is 6.07 Å². The zero-order chi connectivity index (χ0) is 21.7. The fourth-order valence-corrected chi connectivity index (χ4v) is 4.73. The van der Waals surface area contributed by atoms with Crippen LogP contribution in [0.2, 0.25) is 0 Å². The Morgan fingerprint density at radius 1 is 1.09 bits per heavy atom. The predicted molar refractivity (Wildman–Crippen MR) is 126 cm³/mol. The highest BCUT2D eigenvalue weighted by atomic mass is 16.5. The molecule has 162 valence electrons. The van der Waals surface area contributed by atoms with Gasteiger partial charge in [0.15, 0.2) is 0 Å². The lowest BCUT2D eigenvalue weighted by Crippen LogP contribution is -2.29. The topological polar surface area (TPSA) is 85.4 Å². The van der Waals surface area contributed by atoms with Gasteiger partial charge in [-0.15, -0.1) is 0 Å². The first-order chi connectivity index (χ1) is 15.6.